The molecule has 2 nitrogen and oxygen atoms in total. The highest BCUT2D eigenvalue weighted by atomic mass is 15.2. The second kappa shape index (κ2) is 25.1. The Kier molecular flexibility index (Phi) is 15.7. The van der Waals surface area contributed by atoms with E-state index < -0.39 is 0 Å². The molecule has 0 heterocycles. The van der Waals surface area contributed by atoms with Crippen LogP contribution in [0.15, 0.2) is 358 Å². The Bertz CT molecular complexity index is 4510. The predicted molar refractivity (Wildman–Crippen MR) is 377 cm³/mol. The normalized spacial score (nSPS) is 15.9. The van der Waals surface area contributed by atoms with Crippen LogP contribution < -0.4 is 20.2 Å². The van der Waals surface area contributed by atoms with Gasteiger partial charge in [0.2, 0.25) is 0 Å². The van der Waals surface area contributed by atoms with Crippen LogP contribution in [0, 0.1) is 11.8 Å². The van der Waals surface area contributed by atoms with Crippen LogP contribution in [0.25, 0.3) is 77.9 Å². The zero-order valence-electron chi connectivity index (χ0n) is 50.2. The van der Waals surface area contributed by atoms with Crippen LogP contribution in [-0.4, -0.2) is 6.04 Å². The molecule has 0 spiro atoms. The molecule has 0 radical (unpaired) electrons. The molecular formula is C87H68N2. The third kappa shape index (κ3) is 11.0. The van der Waals surface area contributed by atoms with Crippen molar-refractivity contribution in [3.63, 3.8) is 0 Å². The van der Waals surface area contributed by atoms with Gasteiger partial charge >= 0.3 is 0 Å². The molecule has 0 saturated carbocycles. The van der Waals surface area contributed by atoms with E-state index in [-0.39, 0.29) is 17.9 Å². The minimum atomic E-state index is -0.303. The number of rotatable bonds is 14. The van der Waals surface area contributed by atoms with Gasteiger partial charge in [0.25, 0.3) is 0 Å². The molecular weight excluding hydrogens is 1070 g/mol. The lowest BCUT2D eigenvalue weighted by molar-refractivity contribution is 0.415. The Hall–Kier alpha value is -11.1. The van der Waals surface area contributed by atoms with Gasteiger partial charge in [-0.2, -0.15) is 0 Å². The summed E-state index contributed by atoms with van der Waals surface area (Å²) in [6.07, 6.45) is 0. The third-order valence-electron chi connectivity index (χ3n) is 18.0. The fourth-order valence-corrected chi connectivity index (χ4v) is 13.6. The molecule has 13 aromatic rings. The first-order chi connectivity index (χ1) is 44.0. The van der Waals surface area contributed by atoms with E-state index in [0.29, 0.717) is 0 Å². The first kappa shape index (κ1) is 55.8. The van der Waals surface area contributed by atoms with Crippen LogP contribution in [0.3, 0.4) is 0 Å². The second-order valence-corrected chi connectivity index (χ2v) is 23.3. The Morgan fingerprint density at radius 1 is 0.270 bits per heavy atom. The molecule has 0 bridgehead atoms. The van der Waals surface area contributed by atoms with Gasteiger partial charge in [0.1, 0.15) is 0 Å². The quantitative estimate of drug-likeness (QED) is 0.107. The van der Waals surface area contributed by atoms with Gasteiger partial charge in [0.05, 0.1) is 6.04 Å². The van der Waals surface area contributed by atoms with Crippen molar-refractivity contribution in [2.45, 2.75) is 19.9 Å². The molecule has 0 saturated heterocycles. The van der Waals surface area contributed by atoms with Gasteiger partial charge in [-0.15, -0.1) is 0 Å². The Morgan fingerprint density at radius 3 is 0.921 bits per heavy atom. The van der Waals surface area contributed by atoms with Gasteiger partial charge in [-0.3, -0.25) is 0 Å². The lowest BCUT2D eigenvalue weighted by atomic mass is 9.69. The SMILES string of the molecule is C=C1/C(c2c(-c3ccccc3)cc(-c3ccccc3)cc2-c2ccccc2)=c2/ccc(N(c3ccccc3)c3ccccc3)c/c2=C(\c2c(-c3ccccc3)cc(-c3ccccc3)cc2-c2ccccc2)[C@H](C)[C@@H](C)C1N(c1ccccc1)c1ccccc1. The lowest BCUT2D eigenvalue weighted by Crippen LogP contribution is -2.46. The van der Waals surface area contributed by atoms with Crippen LogP contribution in [0.1, 0.15) is 25.0 Å². The second-order valence-electron chi connectivity index (χ2n) is 23.3. The van der Waals surface area contributed by atoms with Gasteiger partial charge in [0.15, 0.2) is 0 Å². The molecule has 13 aromatic carbocycles. The minimum absolute atomic E-state index is 0.0888. The minimum Gasteiger partial charge on any atom is -0.334 e. The standard InChI is InChI=1S/C87H68N2/c1-61-62(2)87(89(74-50-30-12-31-51-74)75-52-32-13-33-53-75)63(3)84(86-80(68-42-22-8-23-43-68)58-71(65-36-16-5-17-37-65)59-81(86)69-44-24-9-25-45-69)77-55-54-76(88(72-46-26-10-27-47-72)73-48-28-11-29-49-73)60-82(77)83(61)85-78(66-38-18-6-19-39-66)56-70(64-34-14-4-15-35-64)57-79(85)67-40-20-7-21-41-67/h4-62,87H,3H2,1-2H3/b83-82+,84-77+/t61-,62-,87?/m1/s1. The van der Waals surface area contributed by atoms with Gasteiger partial charge < -0.3 is 9.80 Å². The largest absolute Gasteiger partial charge is 0.334 e. The predicted octanol–water partition coefficient (Wildman–Crippen LogP) is 21.6. The highest BCUT2D eigenvalue weighted by molar-refractivity contribution is 6.01. The van der Waals surface area contributed by atoms with Crippen LogP contribution in [0.5, 0.6) is 0 Å². The van der Waals surface area contributed by atoms with E-state index in [0.717, 1.165) is 111 Å². The molecule has 2 heteroatoms. The highest BCUT2D eigenvalue weighted by Gasteiger charge is 2.39. The topological polar surface area (TPSA) is 6.48 Å². The van der Waals surface area contributed by atoms with Crippen LogP contribution in [0.2, 0.25) is 0 Å². The Morgan fingerprint density at radius 2 is 0.573 bits per heavy atom. The molecule has 0 amide bonds. The number of hydrogen-bond donors (Lipinski definition) is 0. The summed E-state index contributed by atoms with van der Waals surface area (Å²) in [5, 5.41) is 2.25. The molecule has 426 valence electrons. The molecule has 0 aliphatic heterocycles. The monoisotopic (exact) mass is 1140 g/mol. The average molecular weight is 1140 g/mol. The molecule has 0 fully saturated rings. The van der Waals surface area contributed by atoms with Gasteiger partial charge in [0, 0.05) is 28.4 Å². The van der Waals surface area contributed by atoms with E-state index in [9.17, 15) is 0 Å². The van der Waals surface area contributed by atoms with E-state index in [2.05, 4.69) is 369 Å². The molecule has 1 aliphatic carbocycles. The van der Waals surface area contributed by atoms with E-state index in [4.69, 9.17) is 6.58 Å². The highest BCUT2D eigenvalue weighted by Crippen LogP contribution is 2.50. The maximum absolute atomic E-state index is 5.59. The summed E-state index contributed by atoms with van der Waals surface area (Å²) in [6, 6.07) is 127. The van der Waals surface area contributed by atoms with Gasteiger partial charge in [-0.05, 0) is 202 Å². The number of fused-ring (bicyclic) bond motifs is 1. The Balaban J connectivity index is 1.25. The van der Waals surface area contributed by atoms with Crippen molar-refractivity contribution in [2.24, 2.45) is 11.8 Å². The van der Waals surface area contributed by atoms with Gasteiger partial charge in [-0.25, -0.2) is 0 Å². The van der Waals surface area contributed by atoms with Crippen molar-refractivity contribution in [3.8, 4) is 66.8 Å². The summed E-state index contributed by atoms with van der Waals surface area (Å²) in [6.45, 7) is 10.6. The maximum atomic E-state index is 5.59. The van der Waals surface area contributed by atoms with E-state index in [1.54, 1.807) is 0 Å². The van der Waals surface area contributed by atoms with E-state index >= 15 is 0 Å². The molecule has 0 aromatic heterocycles. The summed E-state index contributed by atoms with van der Waals surface area (Å²) >= 11 is 0. The number of anilines is 5. The third-order valence-corrected chi connectivity index (χ3v) is 18.0. The first-order valence-corrected chi connectivity index (χ1v) is 31.0. The molecule has 1 aliphatic rings. The summed E-state index contributed by atoms with van der Waals surface area (Å²) in [7, 11) is 0. The van der Waals surface area contributed by atoms with Crippen LogP contribution in [0.4, 0.5) is 28.4 Å². The van der Waals surface area contributed by atoms with E-state index in [1.807, 2.05) is 0 Å². The van der Waals surface area contributed by atoms with Crippen molar-refractivity contribution in [1.82, 2.24) is 0 Å². The molecule has 0 N–H and O–H groups in total. The number of nitrogens with zero attached hydrogens (tertiary/aromatic N) is 2. The average Bonchev–Trinajstić information content (AvgIpc) is 1.06. The zero-order chi connectivity index (χ0) is 60.0. The number of para-hydroxylation sites is 4. The van der Waals surface area contributed by atoms with Crippen molar-refractivity contribution < 1.29 is 0 Å². The fraction of sp³-hybridized carbons (Fsp3) is 0.0575. The van der Waals surface area contributed by atoms with Crippen molar-refractivity contribution in [2.75, 3.05) is 9.80 Å². The summed E-state index contributed by atoms with van der Waals surface area (Å²) in [5.41, 5.74) is 24.8. The number of benzene rings is 13. The molecule has 1 unspecified atom stereocenters. The fourth-order valence-electron chi connectivity index (χ4n) is 13.6. The molecule has 14 rings (SSSR count). The molecule has 89 heavy (non-hydrogen) atoms. The number of hydrogen-bond acceptors (Lipinski definition) is 2. The van der Waals surface area contributed by atoms with Crippen molar-refractivity contribution in [3.05, 3.63) is 379 Å². The Labute approximate surface area is 524 Å². The summed E-state index contributed by atoms with van der Waals surface area (Å²) in [4.78, 5) is 5.01. The van der Waals surface area contributed by atoms with Crippen molar-refractivity contribution in [1.29, 1.82) is 0 Å². The summed E-state index contributed by atoms with van der Waals surface area (Å²) in [5.74, 6) is -0.201. The van der Waals surface area contributed by atoms with E-state index in [1.165, 1.54) is 22.3 Å². The van der Waals surface area contributed by atoms with Crippen molar-refractivity contribution >= 4 is 39.6 Å². The maximum Gasteiger partial charge on any atom is 0.0623 e. The first-order valence-electron chi connectivity index (χ1n) is 31.0. The smallest absolute Gasteiger partial charge is 0.0623 e. The lowest BCUT2D eigenvalue weighted by Gasteiger charge is -2.44. The van der Waals surface area contributed by atoms with Crippen LogP contribution in [-0.2, 0) is 0 Å². The molecule has 3 atom stereocenters. The zero-order valence-corrected chi connectivity index (χ0v) is 50.2. The van der Waals surface area contributed by atoms with Gasteiger partial charge in [-0.1, -0.05) is 281 Å². The summed E-state index contributed by atoms with van der Waals surface area (Å²) < 4.78 is 0. The van der Waals surface area contributed by atoms with Crippen LogP contribution >= 0.6 is 0 Å².